The minimum Gasteiger partial charge on any atom is -0.491 e. The number of benzene rings is 1. The van der Waals surface area contributed by atoms with Gasteiger partial charge in [0.1, 0.15) is 18.4 Å². The fourth-order valence-electron chi connectivity index (χ4n) is 2.13. The molecular formula is C16H26N2O2. The fourth-order valence-corrected chi connectivity index (χ4v) is 2.13. The summed E-state index contributed by atoms with van der Waals surface area (Å²) >= 11 is 0. The first-order valence-electron chi connectivity index (χ1n) is 7.21. The van der Waals surface area contributed by atoms with E-state index in [1.807, 2.05) is 19.1 Å². The second-order valence-electron chi connectivity index (χ2n) is 5.39. The molecule has 1 aromatic rings. The molecule has 112 valence electrons. The van der Waals surface area contributed by atoms with Gasteiger partial charge in [0.25, 0.3) is 0 Å². The van der Waals surface area contributed by atoms with E-state index in [1.165, 1.54) is 11.1 Å². The monoisotopic (exact) mass is 278 g/mol. The highest BCUT2D eigenvalue weighted by Gasteiger charge is 2.15. The van der Waals surface area contributed by atoms with Crippen molar-refractivity contribution in [3.63, 3.8) is 0 Å². The third-order valence-electron chi connectivity index (χ3n) is 3.26. The molecule has 4 nitrogen and oxygen atoms in total. The second kappa shape index (κ2) is 7.90. The highest BCUT2D eigenvalue weighted by atomic mass is 16.5. The summed E-state index contributed by atoms with van der Waals surface area (Å²) < 4.78 is 5.68. The van der Waals surface area contributed by atoms with Gasteiger partial charge in [-0.15, -0.1) is 0 Å². The Balaban J connectivity index is 2.64. The van der Waals surface area contributed by atoms with Gasteiger partial charge in [-0.25, -0.2) is 0 Å². The molecule has 0 saturated carbocycles. The number of hydrogen-bond donors (Lipinski definition) is 2. The normalized spacial score (nSPS) is 12.4. The molecule has 0 aliphatic rings. The number of carbonyl (C=O) groups excluding carboxylic acids is 1. The van der Waals surface area contributed by atoms with E-state index in [9.17, 15) is 4.79 Å². The Morgan fingerprint density at radius 3 is 2.60 bits per heavy atom. The molecule has 20 heavy (non-hydrogen) atoms. The minimum absolute atomic E-state index is 0.260. The van der Waals surface area contributed by atoms with Gasteiger partial charge in [-0.2, -0.15) is 0 Å². The summed E-state index contributed by atoms with van der Waals surface area (Å²) in [4.78, 5) is 11.3. The molecular weight excluding hydrogens is 252 g/mol. The third kappa shape index (κ3) is 4.85. The number of aryl methyl sites for hydroxylation is 1. The third-order valence-corrected chi connectivity index (χ3v) is 3.26. The lowest BCUT2D eigenvalue weighted by Gasteiger charge is -2.17. The Hall–Kier alpha value is -1.55. The molecule has 1 aromatic carbocycles. The first kappa shape index (κ1) is 16.5. The number of ether oxygens (including phenoxy) is 1. The van der Waals surface area contributed by atoms with Crippen molar-refractivity contribution in [2.75, 3.05) is 13.2 Å². The maximum Gasteiger partial charge on any atom is 0.238 e. The van der Waals surface area contributed by atoms with E-state index < -0.39 is 6.04 Å². The van der Waals surface area contributed by atoms with Gasteiger partial charge in [0.05, 0.1) is 0 Å². The van der Waals surface area contributed by atoms with E-state index in [2.05, 4.69) is 32.2 Å². The van der Waals surface area contributed by atoms with Crippen molar-refractivity contribution in [3.05, 3.63) is 29.3 Å². The van der Waals surface area contributed by atoms with Crippen molar-refractivity contribution < 1.29 is 9.53 Å². The van der Waals surface area contributed by atoms with Crippen LogP contribution in [0.2, 0.25) is 0 Å². The van der Waals surface area contributed by atoms with E-state index >= 15 is 0 Å². The van der Waals surface area contributed by atoms with Gasteiger partial charge in [0.2, 0.25) is 5.91 Å². The smallest absolute Gasteiger partial charge is 0.238 e. The van der Waals surface area contributed by atoms with Crippen LogP contribution in [0.1, 0.15) is 44.2 Å². The first-order valence-corrected chi connectivity index (χ1v) is 7.21. The molecule has 4 heteroatoms. The number of amides is 1. The Morgan fingerprint density at radius 1 is 1.40 bits per heavy atom. The van der Waals surface area contributed by atoms with Gasteiger partial charge in [-0.1, -0.05) is 26.8 Å². The van der Waals surface area contributed by atoms with Crippen LogP contribution in [-0.2, 0) is 4.79 Å². The van der Waals surface area contributed by atoms with Gasteiger partial charge >= 0.3 is 0 Å². The van der Waals surface area contributed by atoms with Gasteiger partial charge < -0.3 is 15.8 Å². The summed E-state index contributed by atoms with van der Waals surface area (Å²) in [5.41, 5.74) is 7.87. The van der Waals surface area contributed by atoms with Crippen molar-refractivity contribution in [2.24, 2.45) is 5.73 Å². The minimum atomic E-state index is -0.444. The molecule has 1 unspecified atom stereocenters. The average molecular weight is 278 g/mol. The number of nitrogens with one attached hydrogen (secondary N) is 1. The van der Waals surface area contributed by atoms with Crippen molar-refractivity contribution >= 4 is 5.91 Å². The maximum absolute atomic E-state index is 11.3. The molecule has 0 aromatic heterocycles. The molecule has 0 aliphatic carbocycles. The van der Waals surface area contributed by atoms with Crippen LogP contribution in [0.5, 0.6) is 5.75 Å². The Labute approximate surface area is 121 Å². The molecule has 0 heterocycles. The molecule has 1 atom stereocenters. The lowest BCUT2D eigenvalue weighted by Crippen LogP contribution is -2.45. The molecule has 3 N–H and O–H groups in total. The number of nitrogens with two attached hydrogens (primary N) is 1. The van der Waals surface area contributed by atoms with E-state index in [0.29, 0.717) is 5.92 Å². The van der Waals surface area contributed by atoms with Crippen molar-refractivity contribution in [3.8, 4) is 5.75 Å². The zero-order valence-corrected chi connectivity index (χ0v) is 12.9. The Bertz CT molecular complexity index is 444. The standard InChI is InChI=1S/C16H26N2O2/c1-5-8-18-15(16(17)19)10-20-13-6-7-14(11(2)3)12(4)9-13/h6-7,9,11,15,18H,5,8,10H2,1-4H3,(H2,17,19). The molecule has 0 radical (unpaired) electrons. The van der Waals surface area contributed by atoms with Crippen LogP contribution in [0.15, 0.2) is 18.2 Å². The van der Waals surface area contributed by atoms with Crippen LogP contribution in [0.25, 0.3) is 0 Å². The van der Waals surface area contributed by atoms with Crippen LogP contribution in [0, 0.1) is 6.92 Å². The SMILES string of the molecule is CCCNC(COc1ccc(C(C)C)c(C)c1)C(N)=O. The lowest BCUT2D eigenvalue weighted by atomic mass is 9.98. The van der Waals surface area contributed by atoms with E-state index in [0.717, 1.165) is 18.7 Å². The second-order valence-corrected chi connectivity index (χ2v) is 5.39. The van der Waals surface area contributed by atoms with E-state index in [-0.39, 0.29) is 12.5 Å². The lowest BCUT2D eigenvalue weighted by molar-refractivity contribution is -0.120. The molecule has 0 fully saturated rings. The van der Waals surface area contributed by atoms with Gasteiger partial charge in [-0.05, 0) is 49.1 Å². The van der Waals surface area contributed by atoms with Crippen LogP contribution in [0.4, 0.5) is 0 Å². The number of primary amides is 1. The Kier molecular flexibility index (Phi) is 6.52. The highest BCUT2D eigenvalue weighted by molar-refractivity contribution is 5.80. The quantitative estimate of drug-likeness (QED) is 0.767. The van der Waals surface area contributed by atoms with E-state index in [1.54, 1.807) is 0 Å². The molecule has 0 saturated heterocycles. The first-order chi connectivity index (χ1) is 9.45. The van der Waals surface area contributed by atoms with Gasteiger partial charge in [0, 0.05) is 0 Å². The predicted octanol–water partition coefficient (Wildman–Crippen LogP) is 2.35. The average Bonchev–Trinajstić information content (AvgIpc) is 2.38. The molecule has 0 spiro atoms. The van der Waals surface area contributed by atoms with Crippen molar-refractivity contribution in [1.82, 2.24) is 5.32 Å². The number of rotatable bonds is 8. The molecule has 0 bridgehead atoms. The summed E-state index contributed by atoms with van der Waals surface area (Å²) in [5.74, 6) is 0.888. The van der Waals surface area contributed by atoms with Crippen molar-refractivity contribution in [1.29, 1.82) is 0 Å². The number of hydrogen-bond acceptors (Lipinski definition) is 3. The van der Waals surface area contributed by atoms with Gasteiger partial charge in [-0.3, -0.25) is 4.79 Å². The summed E-state index contributed by atoms with van der Waals surface area (Å²) in [6, 6.07) is 5.58. The number of carbonyl (C=O) groups is 1. The summed E-state index contributed by atoms with van der Waals surface area (Å²) in [6.07, 6.45) is 0.950. The fraction of sp³-hybridized carbons (Fsp3) is 0.562. The van der Waals surface area contributed by atoms with E-state index in [4.69, 9.17) is 10.5 Å². The predicted molar refractivity (Wildman–Crippen MR) is 82.0 cm³/mol. The zero-order valence-electron chi connectivity index (χ0n) is 12.9. The van der Waals surface area contributed by atoms with Crippen LogP contribution < -0.4 is 15.8 Å². The maximum atomic E-state index is 11.3. The Morgan fingerprint density at radius 2 is 2.10 bits per heavy atom. The topological polar surface area (TPSA) is 64.3 Å². The highest BCUT2D eigenvalue weighted by Crippen LogP contribution is 2.23. The van der Waals surface area contributed by atoms with Crippen LogP contribution >= 0.6 is 0 Å². The molecule has 0 aliphatic heterocycles. The summed E-state index contributed by atoms with van der Waals surface area (Å²) in [7, 11) is 0. The molecule has 1 amide bonds. The summed E-state index contributed by atoms with van der Waals surface area (Å²) in [6.45, 7) is 9.46. The summed E-state index contributed by atoms with van der Waals surface area (Å²) in [5, 5.41) is 3.08. The zero-order chi connectivity index (χ0) is 15.1. The molecule has 1 rings (SSSR count). The largest absolute Gasteiger partial charge is 0.491 e. The van der Waals surface area contributed by atoms with Crippen molar-refractivity contribution in [2.45, 2.75) is 46.1 Å². The van der Waals surface area contributed by atoms with Gasteiger partial charge in [0.15, 0.2) is 0 Å². The van der Waals surface area contributed by atoms with Crippen LogP contribution in [0.3, 0.4) is 0 Å². The van der Waals surface area contributed by atoms with Crippen LogP contribution in [-0.4, -0.2) is 25.1 Å².